The Hall–Kier alpha value is -0.920. The van der Waals surface area contributed by atoms with Crippen LogP contribution < -0.4 is 5.32 Å². The van der Waals surface area contributed by atoms with Crippen LogP contribution in [-0.2, 0) is 19.6 Å². The van der Waals surface area contributed by atoms with Crippen molar-refractivity contribution in [2.24, 2.45) is 40.9 Å². The fourth-order valence-electron chi connectivity index (χ4n) is 10.1. The Labute approximate surface area is 218 Å². The zero-order chi connectivity index (χ0) is 25.6. The molecular weight excluding hydrogens is 472 g/mol. The minimum absolute atomic E-state index is 0.00680. The fraction of sp³-hybridized carbons (Fsp3) is 0.897. The second-order valence-electron chi connectivity index (χ2n) is 13.9. The molecule has 3 saturated heterocycles. The summed E-state index contributed by atoms with van der Waals surface area (Å²) in [6, 6.07) is -0.0370. The molecule has 202 valence electrons. The quantitative estimate of drug-likeness (QED) is 0.518. The number of allylic oxidation sites excluding steroid dienone is 1. The van der Waals surface area contributed by atoms with Gasteiger partial charge in [-0.05, 0) is 93.3 Å². The predicted molar refractivity (Wildman–Crippen MR) is 141 cm³/mol. The number of nitrogens with one attached hydrogen (secondary N) is 1. The molecule has 3 aliphatic heterocycles. The van der Waals surface area contributed by atoms with Crippen molar-refractivity contribution in [3.8, 4) is 0 Å². The lowest BCUT2D eigenvalue weighted by Gasteiger charge is -2.49. The number of piperidine rings is 1. The number of carbonyl (C=O) groups excluding carboxylic acids is 1. The highest BCUT2D eigenvalue weighted by Crippen LogP contribution is 2.64. The summed E-state index contributed by atoms with van der Waals surface area (Å²) in [5.41, 5.74) is 3.20. The van der Waals surface area contributed by atoms with Crippen molar-refractivity contribution in [1.82, 2.24) is 9.62 Å². The van der Waals surface area contributed by atoms with Gasteiger partial charge in [-0.15, -0.1) is 0 Å². The molecule has 6 rings (SSSR count). The Kier molecular flexibility index (Phi) is 6.02. The van der Waals surface area contributed by atoms with Crippen LogP contribution >= 0.6 is 0 Å². The average Bonchev–Trinajstić information content (AvgIpc) is 3.20. The first-order valence-electron chi connectivity index (χ1n) is 14.5. The third-order valence-electron chi connectivity index (χ3n) is 12.0. The van der Waals surface area contributed by atoms with E-state index in [1.165, 1.54) is 31.1 Å². The van der Waals surface area contributed by atoms with Crippen molar-refractivity contribution < 1.29 is 17.9 Å². The number of ether oxygens (including phenoxy) is 1. The number of hydrogen-bond acceptors (Lipinski definition) is 4. The van der Waals surface area contributed by atoms with Crippen LogP contribution in [0.3, 0.4) is 0 Å². The van der Waals surface area contributed by atoms with E-state index in [1.807, 2.05) is 0 Å². The topological polar surface area (TPSA) is 75.7 Å². The average molecular weight is 519 g/mol. The minimum Gasteiger partial charge on any atom is -0.369 e. The molecule has 0 aromatic carbocycles. The number of hydrogen-bond donors (Lipinski definition) is 1. The number of fused-ring (bicyclic) bond motifs is 6. The number of carbonyl (C=O) groups is 1. The summed E-state index contributed by atoms with van der Waals surface area (Å²) in [5, 5.41) is 3.20. The van der Waals surface area contributed by atoms with E-state index < -0.39 is 10.0 Å². The smallest absolute Gasteiger partial charge is 0.220 e. The van der Waals surface area contributed by atoms with Crippen molar-refractivity contribution in [3.05, 3.63) is 11.1 Å². The van der Waals surface area contributed by atoms with Crippen LogP contribution in [0.2, 0.25) is 0 Å². The van der Waals surface area contributed by atoms with Gasteiger partial charge in [0.1, 0.15) is 0 Å². The van der Waals surface area contributed by atoms with E-state index in [0.717, 1.165) is 38.6 Å². The molecule has 6 aliphatic rings. The van der Waals surface area contributed by atoms with Crippen molar-refractivity contribution in [2.75, 3.05) is 19.3 Å². The lowest BCUT2D eigenvalue weighted by atomic mass is 9.55. The van der Waals surface area contributed by atoms with Gasteiger partial charge in [0.25, 0.3) is 0 Å². The first kappa shape index (κ1) is 25.4. The Bertz CT molecular complexity index is 1070. The van der Waals surface area contributed by atoms with Crippen molar-refractivity contribution >= 4 is 15.9 Å². The predicted octanol–water partition coefficient (Wildman–Crippen LogP) is 4.51. The Morgan fingerprint density at radius 2 is 1.92 bits per heavy atom. The van der Waals surface area contributed by atoms with E-state index >= 15 is 0 Å². The van der Waals surface area contributed by atoms with Crippen molar-refractivity contribution in [1.29, 1.82) is 0 Å². The summed E-state index contributed by atoms with van der Waals surface area (Å²) in [6.07, 6.45) is 10.9. The number of nitrogens with zero attached hydrogens (tertiary/aromatic N) is 1. The summed E-state index contributed by atoms with van der Waals surface area (Å²) in [7, 11) is -3.27. The maximum Gasteiger partial charge on any atom is 0.220 e. The first-order valence-corrected chi connectivity index (χ1v) is 16.4. The molecule has 1 N–H and O–H groups in total. The second-order valence-corrected chi connectivity index (χ2v) is 15.8. The molecule has 5 fully saturated rings. The van der Waals surface area contributed by atoms with Crippen molar-refractivity contribution in [2.45, 2.75) is 103 Å². The highest BCUT2D eigenvalue weighted by molar-refractivity contribution is 7.88. The second kappa shape index (κ2) is 8.54. The van der Waals surface area contributed by atoms with Crippen LogP contribution in [0.15, 0.2) is 11.1 Å². The van der Waals surface area contributed by atoms with Crippen LogP contribution in [0.1, 0.15) is 85.5 Å². The molecule has 0 bridgehead atoms. The third kappa shape index (κ3) is 3.77. The van der Waals surface area contributed by atoms with E-state index in [0.29, 0.717) is 42.6 Å². The Morgan fingerprint density at radius 1 is 1.14 bits per heavy atom. The molecule has 2 saturated carbocycles. The number of rotatable bonds is 1. The summed E-state index contributed by atoms with van der Waals surface area (Å²) in [5.74, 6) is 3.38. The van der Waals surface area contributed by atoms with Gasteiger partial charge in [0.05, 0.1) is 24.0 Å². The highest BCUT2D eigenvalue weighted by atomic mass is 32.2. The molecule has 1 spiro atoms. The molecule has 7 heteroatoms. The molecule has 36 heavy (non-hydrogen) atoms. The molecular formula is C29H46N2O4S. The van der Waals surface area contributed by atoms with Gasteiger partial charge in [0.15, 0.2) is 0 Å². The van der Waals surface area contributed by atoms with Crippen LogP contribution in [0, 0.1) is 40.9 Å². The fourth-order valence-corrected chi connectivity index (χ4v) is 11.4. The Balaban J connectivity index is 1.29. The molecule has 0 aromatic heterocycles. The van der Waals surface area contributed by atoms with Gasteiger partial charge in [-0.25, -0.2) is 8.42 Å². The summed E-state index contributed by atoms with van der Waals surface area (Å²) in [6.45, 7) is 10.7. The lowest BCUT2D eigenvalue weighted by Crippen LogP contribution is -2.53. The van der Waals surface area contributed by atoms with E-state index in [2.05, 4.69) is 33.0 Å². The largest absolute Gasteiger partial charge is 0.369 e. The first-order chi connectivity index (χ1) is 16.9. The van der Waals surface area contributed by atoms with Gasteiger partial charge in [0, 0.05) is 25.4 Å². The number of amides is 1. The lowest BCUT2D eigenvalue weighted by molar-refractivity contribution is -0.121. The normalized spacial score (nSPS) is 49.5. The molecule has 10 atom stereocenters. The SMILES string of the molecule is CC1=C2C[C@H]3[C@@H](CC[C@@H]4CNC(=O)CC[C@@]43C)[C@@H]2CC[C@@]2(C1)O[C@@H]1C[C@H](C)CN(S(C)(=O)=O)[C@H]1[C@H]2C. The molecule has 0 aromatic rings. The maximum atomic E-state index is 12.8. The van der Waals surface area contributed by atoms with E-state index in [9.17, 15) is 13.2 Å². The van der Waals surface area contributed by atoms with Crippen LogP contribution in [0.25, 0.3) is 0 Å². The molecule has 6 nitrogen and oxygen atoms in total. The van der Waals surface area contributed by atoms with Crippen LogP contribution in [0.5, 0.6) is 0 Å². The van der Waals surface area contributed by atoms with Gasteiger partial charge in [-0.2, -0.15) is 4.31 Å². The molecule has 1 amide bonds. The van der Waals surface area contributed by atoms with Gasteiger partial charge in [-0.3, -0.25) is 4.79 Å². The molecule has 0 radical (unpaired) electrons. The monoisotopic (exact) mass is 518 g/mol. The molecule has 3 aliphatic carbocycles. The minimum atomic E-state index is -3.27. The van der Waals surface area contributed by atoms with Gasteiger partial charge < -0.3 is 10.1 Å². The third-order valence-corrected chi connectivity index (χ3v) is 13.2. The zero-order valence-corrected chi connectivity index (χ0v) is 23.7. The molecule has 0 unspecified atom stereocenters. The highest BCUT2D eigenvalue weighted by Gasteiger charge is 2.60. The standard InChI is InChI=1S/C29H46N2O4S/c1-17-12-25-27(31(16-17)36(5,33)34)19(3)29(35-25)11-8-21-22-7-6-20-15-30-26(32)9-10-28(20,4)24(22)13-23(21)18(2)14-29/h17,19-22,24-25,27H,6-16H2,1-5H3,(H,30,32)/t17-,19+,20+,21-,22-,24-,25+,27-,28-,29-/m0/s1. The maximum absolute atomic E-state index is 12.8. The van der Waals surface area contributed by atoms with Gasteiger partial charge in [0.2, 0.25) is 15.9 Å². The van der Waals surface area contributed by atoms with Crippen molar-refractivity contribution in [3.63, 3.8) is 0 Å². The van der Waals surface area contributed by atoms with Gasteiger partial charge in [-0.1, -0.05) is 31.9 Å². The van der Waals surface area contributed by atoms with Crippen LogP contribution in [-0.4, -0.2) is 55.7 Å². The summed E-state index contributed by atoms with van der Waals surface area (Å²) in [4.78, 5) is 12.2. The van der Waals surface area contributed by atoms with E-state index in [1.54, 1.807) is 9.88 Å². The summed E-state index contributed by atoms with van der Waals surface area (Å²) >= 11 is 0. The number of sulfonamides is 1. The van der Waals surface area contributed by atoms with Crippen LogP contribution in [0.4, 0.5) is 0 Å². The zero-order valence-electron chi connectivity index (χ0n) is 22.9. The Morgan fingerprint density at radius 3 is 2.67 bits per heavy atom. The van der Waals surface area contributed by atoms with E-state index in [-0.39, 0.29) is 35.0 Å². The van der Waals surface area contributed by atoms with Gasteiger partial charge >= 0.3 is 0 Å². The summed E-state index contributed by atoms with van der Waals surface area (Å²) < 4.78 is 34.3. The van der Waals surface area contributed by atoms with E-state index in [4.69, 9.17) is 4.74 Å². The molecule has 3 heterocycles.